The number of fused-ring (bicyclic) bond motifs is 1. The Morgan fingerprint density at radius 3 is 2.47 bits per heavy atom. The van der Waals surface area contributed by atoms with Gasteiger partial charge in [-0.1, -0.05) is 30.3 Å². The molecule has 0 aliphatic carbocycles. The Kier molecular flexibility index (Phi) is 7.44. The zero-order valence-corrected chi connectivity index (χ0v) is 19.2. The maximum absolute atomic E-state index is 13.0. The first-order valence-electron chi connectivity index (χ1n) is 11.3. The number of amides is 2. The minimum atomic E-state index is -1.07. The molecule has 2 aliphatic rings. The fourth-order valence-corrected chi connectivity index (χ4v) is 4.28. The Bertz CT molecular complexity index is 1050. The maximum Gasteiger partial charge on any atom is 0.329 e. The summed E-state index contributed by atoms with van der Waals surface area (Å²) < 4.78 is 16.2. The van der Waals surface area contributed by atoms with Crippen LogP contribution < -0.4 is 10.5 Å². The van der Waals surface area contributed by atoms with Crippen molar-refractivity contribution in [1.82, 2.24) is 9.80 Å². The van der Waals surface area contributed by atoms with Crippen LogP contribution in [0.3, 0.4) is 0 Å². The number of rotatable bonds is 9. The van der Waals surface area contributed by atoms with E-state index in [2.05, 4.69) is 17.0 Å². The Hall–Kier alpha value is -3.43. The summed E-state index contributed by atoms with van der Waals surface area (Å²) >= 11 is 0. The first kappa shape index (κ1) is 23.7. The molecule has 34 heavy (non-hydrogen) atoms. The van der Waals surface area contributed by atoms with E-state index < -0.39 is 17.9 Å². The van der Waals surface area contributed by atoms with Crippen LogP contribution in [0.4, 0.5) is 0 Å². The van der Waals surface area contributed by atoms with E-state index in [0.717, 1.165) is 38.4 Å². The highest BCUT2D eigenvalue weighted by Crippen LogP contribution is 2.33. The van der Waals surface area contributed by atoms with E-state index >= 15 is 0 Å². The first-order chi connectivity index (χ1) is 16.5. The molecule has 0 spiro atoms. The smallest absolute Gasteiger partial charge is 0.329 e. The predicted molar refractivity (Wildman–Crippen MR) is 123 cm³/mol. The zero-order valence-electron chi connectivity index (χ0n) is 19.2. The van der Waals surface area contributed by atoms with E-state index in [4.69, 9.17) is 19.9 Å². The van der Waals surface area contributed by atoms with E-state index in [0.29, 0.717) is 23.5 Å². The topological polar surface area (TPSA) is 111 Å². The number of esters is 1. The van der Waals surface area contributed by atoms with E-state index in [1.807, 2.05) is 12.1 Å². The molecular formula is C25H29N3O6. The summed E-state index contributed by atoms with van der Waals surface area (Å²) in [5.41, 5.74) is 8.65. The van der Waals surface area contributed by atoms with Gasteiger partial charge in [0.15, 0.2) is 0 Å². The van der Waals surface area contributed by atoms with Crippen LogP contribution in [0.5, 0.6) is 5.75 Å². The Morgan fingerprint density at radius 1 is 1.09 bits per heavy atom. The van der Waals surface area contributed by atoms with Gasteiger partial charge in [-0.3, -0.25) is 14.5 Å². The SMILES string of the molecule is COC(=O)[C@H](CC(N)=O)N1Cc2c(OCc3ccc(CN4CCOCC4)cc3)cccc2C1=O. The molecule has 1 atom stereocenters. The lowest BCUT2D eigenvalue weighted by atomic mass is 10.1. The molecule has 2 aliphatic heterocycles. The third-order valence-electron chi connectivity index (χ3n) is 6.12. The normalized spacial score (nSPS) is 16.7. The molecule has 9 heteroatoms. The number of nitrogens with zero attached hydrogens (tertiary/aromatic N) is 2. The summed E-state index contributed by atoms with van der Waals surface area (Å²) in [5, 5.41) is 0. The van der Waals surface area contributed by atoms with Gasteiger partial charge >= 0.3 is 5.97 Å². The predicted octanol–water partition coefficient (Wildman–Crippen LogP) is 1.47. The molecule has 2 aromatic rings. The largest absolute Gasteiger partial charge is 0.489 e. The maximum atomic E-state index is 13.0. The van der Waals surface area contributed by atoms with Gasteiger partial charge in [0.2, 0.25) is 5.91 Å². The summed E-state index contributed by atoms with van der Waals surface area (Å²) in [6, 6.07) is 12.4. The molecule has 2 aromatic carbocycles. The Morgan fingerprint density at radius 2 is 1.79 bits per heavy atom. The summed E-state index contributed by atoms with van der Waals surface area (Å²) in [7, 11) is 1.21. The van der Waals surface area contributed by atoms with Crippen molar-refractivity contribution in [3.8, 4) is 5.75 Å². The van der Waals surface area contributed by atoms with Crippen LogP contribution in [-0.2, 0) is 38.8 Å². The number of primary amides is 1. The van der Waals surface area contributed by atoms with Crippen molar-refractivity contribution in [1.29, 1.82) is 0 Å². The van der Waals surface area contributed by atoms with Crippen molar-refractivity contribution < 1.29 is 28.6 Å². The summed E-state index contributed by atoms with van der Waals surface area (Å²) in [5.74, 6) is -1.16. The average molecular weight is 468 g/mol. The van der Waals surface area contributed by atoms with Crippen molar-refractivity contribution in [3.63, 3.8) is 0 Å². The zero-order chi connectivity index (χ0) is 24.1. The van der Waals surface area contributed by atoms with Crippen LogP contribution in [0, 0.1) is 0 Å². The highest BCUT2D eigenvalue weighted by atomic mass is 16.5. The Labute approximate surface area is 198 Å². The molecule has 0 radical (unpaired) electrons. The second-order valence-corrected chi connectivity index (χ2v) is 8.42. The molecule has 2 heterocycles. The number of carbonyl (C=O) groups excluding carboxylic acids is 3. The fourth-order valence-electron chi connectivity index (χ4n) is 4.28. The summed E-state index contributed by atoms with van der Waals surface area (Å²) in [4.78, 5) is 40.3. The van der Waals surface area contributed by atoms with Gasteiger partial charge in [0, 0.05) is 30.8 Å². The van der Waals surface area contributed by atoms with E-state index in [-0.39, 0.29) is 18.9 Å². The van der Waals surface area contributed by atoms with Gasteiger partial charge in [0.25, 0.3) is 5.91 Å². The third-order valence-corrected chi connectivity index (χ3v) is 6.12. The standard InChI is InChI=1S/C25H29N3O6/c1-32-25(31)21(13-23(26)29)28-15-20-19(24(28)30)3-2-4-22(20)34-16-18-7-5-17(6-8-18)14-27-9-11-33-12-10-27/h2-8,21H,9-16H2,1H3,(H2,26,29)/t21-/m0/s1. The molecule has 2 N–H and O–H groups in total. The lowest BCUT2D eigenvalue weighted by Crippen LogP contribution is -2.44. The van der Waals surface area contributed by atoms with Crippen molar-refractivity contribution in [2.45, 2.75) is 32.2 Å². The van der Waals surface area contributed by atoms with E-state index in [9.17, 15) is 14.4 Å². The molecule has 0 aromatic heterocycles. The third kappa shape index (κ3) is 5.37. The lowest BCUT2D eigenvalue weighted by molar-refractivity contribution is -0.147. The van der Waals surface area contributed by atoms with Crippen molar-refractivity contribution >= 4 is 17.8 Å². The van der Waals surface area contributed by atoms with Crippen LogP contribution >= 0.6 is 0 Å². The second-order valence-electron chi connectivity index (χ2n) is 8.42. The van der Waals surface area contributed by atoms with Crippen molar-refractivity contribution in [2.75, 3.05) is 33.4 Å². The van der Waals surface area contributed by atoms with E-state index in [1.165, 1.54) is 17.6 Å². The number of hydrogen-bond donors (Lipinski definition) is 1. The molecule has 0 saturated carbocycles. The summed E-state index contributed by atoms with van der Waals surface area (Å²) in [6.45, 7) is 4.79. The molecule has 4 rings (SSSR count). The number of nitrogens with two attached hydrogens (primary N) is 1. The Balaban J connectivity index is 1.42. The lowest BCUT2D eigenvalue weighted by Gasteiger charge is -2.26. The van der Waals surface area contributed by atoms with Crippen LogP contribution in [0.15, 0.2) is 42.5 Å². The van der Waals surface area contributed by atoms with Gasteiger partial charge in [-0.05, 0) is 23.3 Å². The molecule has 0 unspecified atom stereocenters. The molecule has 1 fully saturated rings. The average Bonchev–Trinajstić information content (AvgIpc) is 3.19. The molecule has 1 saturated heterocycles. The fraction of sp³-hybridized carbons (Fsp3) is 0.400. The van der Waals surface area contributed by atoms with E-state index in [1.54, 1.807) is 18.2 Å². The molecule has 180 valence electrons. The number of carbonyl (C=O) groups is 3. The summed E-state index contributed by atoms with van der Waals surface area (Å²) in [6.07, 6.45) is -0.306. The van der Waals surface area contributed by atoms with Crippen LogP contribution in [0.2, 0.25) is 0 Å². The van der Waals surface area contributed by atoms with Gasteiger partial charge in [0.1, 0.15) is 18.4 Å². The van der Waals surface area contributed by atoms with Gasteiger partial charge in [-0.15, -0.1) is 0 Å². The van der Waals surface area contributed by atoms with Crippen molar-refractivity contribution in [3.05, 3.63) is 64.7 Å². The number of benzene rings is 2. The highest BCUT2D eigenvalue weighted by Gasteiger charge is 2.39. The van der Waals surface area contributed by atoms with Gasteiger partial charge < -0.3 is 24.8 Å². The van der Waals surface area contributed by atoms with Crippen LogP contribution in [0.25, 0.3) is 0 Å². The minimum absolute atomic E-state index is 0.135. The molecule has 2 amide bonds. The second kappa shape index (κ2) is 10.7. The highest BCUT2D eigenvalue weighted by molar-refractivity contribution is 6.02. The molecule has 0 bridgehead atoms. The van der Waals surface area contributed by atoms with Gasteiger partial charge in [0.05, 0.1) is 33.3 Å². The quantitative estimate of drug-likeness (QED) is 0.556. The first-order valence-corrected chi connectivity index (χ1v) is 11.3. The number of ether oxygens (including phenoxy) is 3. The minimum Gasteiger partial charge on any atom is -0.489 e. The van der Waals surface area contributed by atoms with Crippen LogP contribution in [-0.4, -0.2) is 67.0 Å². The van der Waals surface area contributed by atoms with Gasteiger partial charge in [-0.2, -0.15) is 0 Å². The molecular weight excluding hydrogens is 438 g/mol. The van der Waals surface area contributed by atoms with Crippen LogP contribution in [0.1, 0.15) is 33.5 Å². The van der Waals surface area contributed by atoms with Crippen molar-refractivity contribution in [2.24, 2.45) is 5.73 Å². The van der Waals surface area contributed by atoms with Gasteiger partial charge in [-0.25, -0.2) is 4.79 Å². The number of morpholine rings is 1. The number of methoxy groups -OCH3 is 1. The monoisotopic (exact) mass is 467 g/mol. The molecule has 9 nitrogen and oxygen atoms in total. The number of hydrogen-bond acceptors (Lipinski definition) is 7.